The highest BCUT2D eigenvalue weighted by Crippen LogP contribution is 2.31. The van der Waals surface area contributed by atoms with E-state index in [1.807, 2.05) is 31.2 Å². The molecule has 1 aromatic rings. The molecule has 0 saturated carbocycles. The Balaban J connectivity index is 2.06. The number of halogens is 1. The fourth-order valence-electron chi connectivity index (χ4n) is 2.28. The maximum Gasteiger partial charge on any atom is 0.241 e. The maximum absolute atomic E-state index is 12.4. The highest BCUT2D eigenvalue weighted by atomic mass is 79.9. The van der Waals surface area contributed by atoms with Crippen molar-refractivity contribution < 1.29 is 9.53 Å². The normalized spacial score (nSPS) is 18.9. The first kappa shape index (κ1) is 15.0. The van der Waals surface area contributed by atoms with Crippen molar-refractivity contribution in [3.63, 3.8) is 0 Å². The zero-order valence-corrected chi connectivity index (χ0v) is 12.9. The van der Waals surface area contributed by atoms with Crippen LogP contribution in [0.15, 0.2) is 28.7 Å². The lowest BCUT2D eigenvalue weighted by Gasteiger charge is -2.30. The molecule has 1 N–H and O–H groups in total. The Kier molecular flexibility index (Phi) is 4.79. The number of nitriles is 1. The molecule has 1 saturated heterocycles. The van der Waals surface area contributed by atoms with Crippen molar-refractivity contribution in [3.05, 3.63) is 34.3 Å². The summed E-state index contributed by atoms with van der Waals surface area (Å²) >= 11 is 3.38. The van der Waals surface area contributed by atoms with Gasteiger partial charge in [0.25, 0.3) is 0 Å². The Bertz CT molecular complexity index is 516. The highest BCUT2D eigenvalue weighted by molar-refractivity contribution is 9.10. The van der Waals surface area contributed by atoms with Crippen LogP contribution in [-0.4, -0.2) is 19.1 Å². The Morgan fingerprint density at radius 3 is 2.55 bits per heavy atom. The van der Waals surface area contributed by atoms with E-state index in [-0.39, 0.29) is 11.9 Å². The summed E-state index contributed by atoms with van der Waals surface area (Å²) < 4.78 is 6.24. The molecule has 4 nitrogen and oxygen atoms in total. The molecular formula is C15H17BrN2O2. The SMILES string of the molecule is C[C@H](NC(=O)C1(C#N)CCOCC1)c1ccc(Br)cc1. The minimum atomic E-state index is -0.943. The van der Waals surface area contributed by atoms with Crippen LogP contribution in [0.2, 0.25) is 0 Å². The molecule has 0 bridgehead atoms. The van der Waals surface area contributed by atoms with Gasteiger partial charge in [-0.05, 0) is 37.5 Å². The molecule has 1 amide bonds. The number of nitrogens with one attached hydrogen (secondary N) is 1. The fourth-order valence-corrected chi connectivity index (χ4v) is 2.54. The van der Waals surface area contributed by atoms with Gasteiger partial charge in [-0.3, -0.25) is 4.79 Å². The van der Waals surface area contributed by atoms with Gasteiger partial charge in [-0.1, -0.05) is 28.1 Å². The maximum atomic E-state index is 12.4. The quantitative estimate of drug-likeness (QED) is 0.922. The fraction of sp³-hybridized carbons (Fsp3) is 0.467. The molecule has 0 spiro atoms. The lowest BCUT2D eigenvalue weighted by atomic mass is 9.80. The minimum absolute atomic E-state index is 0.122. The molecule has 1 fully saturated rings. The molecule has 0 aliphatic carbocycles. The average Bonchev–Trinajstić information content (AvgIpc) is 2.48. The van der Waals surface area contributed by atoms with Crippen molar-refractivity contribution in [2.75, 3.05) is 13.2 Å². The van der Waals surface area contributed by atoms with Crippen molar-refractivity contribution in [3.8, 4) is 6.07 Å². The van der Waals surface area contributed by atoms with Crippen LogP contribution in [0.4, 0.5) is 0 Å². The zero-order valence-electron chi connectivity index (χ0n) is 11.4. The standard InChI is InChI=1S/C15H17BrN2O2/c1-11(12-2-4-13(16)5-3-12)18-14(19)15(10-17)6-8-20-9-7-15/h2-5,11H,6-9H2,1H3,(H,18,19)/t11-/m0/s1. The Morgan fingerprint density at radius 1 is 1.40 bits per heavy atom. The number of nitrogens with zero attached hydrogens (tertiary/aromatic N) is 1. The monoisotopic (exact) mass is 336 g/mol. The third kappa shape index (κ3) is 3.20. The van der Waals surface area contributed by atoms with Crippen molar-refractivity contribution in [2.45, 2.75) is 25.8 Å². The van der Waals surface area contributed by atoms with Crippen molar-refractivity contribution in [1.29, 1.82) is 5.26 Å². The minimum Gasteiger partial charge on any atom is -0.381 e. The van der Waals surface area contributed by atoms with Gasteiger partial charge in [-0.15, -0.1) is 0 Å². The van der Waals surface area contributed by atoms with E-state index in [1.54, 1.807) is 0 Å². The number of benzene rings is 1. The summed E-state index contributed by atoms with van der Waals surface area (Å²) in [6, 6.07) is 9.85. The van der Waals surface area contributed by atoms with Crippen LogP contribution in [0, 0.1) is 16.7 Å². The molecule has 0 unspecified atom stereocenters. The first-order valence-corrected chi connectivity index (χ1v) is 7.42. The second kappa shape index (κ2) is 6.38. The van der Waals surface area contributed by atoms with E-state index < -0.39 is 5.41 Å². The number of amides is 1. The number of carbonyl (C=O) groups excluding carboxylic acids is 1. The van der Waals surface area contributed by atoms with Gasteiger partial charge in [0.15, 0.2) is 0 Å². The van der Waals surface area contributed by atoms with Crippen LogP contribution < -0.4 is 5.32 Å². The predicted molar refractivity (Wildman–Crippen MR) is 78.8 cm³/mol. The van der Waals surface area contributed by atoms with Crippen LogP contribution >= 0.6 is 15.9 Å². The molecule has 2 rings (SSSR count). The first-order valence-electron chi connectivity index (χ1n) is 6.63. The second-order valence-corrected chi connectivity index (χ2v) is 5.97. The third-order valence-electron chi connectivity index (χ3n) is 3.71. The van der Waals surface area contributed by atoms with E-state index in [1.165, 1.54) is 0 Å². The van der Waals surface area contributed by atoms with Gasteiger partial charge in [0.05, 0.1) is 12.1 Å². The van der Waals surface area contributed by atoms with E-state index in [2.05, 4.69) is 27.3 Å². The van der Waals surface area contributed by atoms with Crippen LogP contribution in [0.3, 0.4) is 0 Å². The summed E-state index contributed by atoms with van der Waals surface area (Å²) in [5.41, 5.74) is 0.0729. The summed E-state index contributed by atoms with van der Waals surface area (Å²) in [6.45, 7) is 2.85. The molecule has 1 aliphatic rings. The van der Waals surface area contributed by atoms with Crippen LogP contribution in [-0.2, 0) is 9.53 Å². The van der Waals surface area contributed by atoms with Crippen molar-refractivity contribution >= 4 is 21.8 Å². The molecule has 106 valence electrons. The predicted octanol–water partition coefficient (Wildman–Crippen LogP) is 2.95. The first-order chi connectivity index (χ1) is 9.57. The summed E-state index contributed by atoms with van der Waals surface area (Å²) in [7, 11) is 0. The number of rotatable bonds is 3. The second-order valence-electron chi connectivity index (χ2n) is 5.05. The largest absolute Gasteiger partial charge is 0.381 e. The molecule has 1 aliphatic heterocycles. The molecular weight excluding hydrogens is 320 g/mol. The molecule has 5 heteroatoms. The van der Waals surface area contributed by atoms with Crippen molar-refractivity contribution in [1.82, 2.24) is 5.32 Å². The number of hydrogen-bond donors (Lipinski definition) is 1. The number of hydrogen-bond acceptors (Lipinski definition) is 3. The Hall–Kier alpha value is -1.38. The van der Waals surface area contributed by atoms with E-state index in [9.17, 15) is 10.1 Å². The number of carbonyl (C=O) groups is 1. The van der Waals surface area contributed by atoms with E-state index in [4.69, 9.17) is 4.74 Å². The average molecular weight is 337 g/mol. The van der Waals surface area contributed by atoms with Gasteiger partial charge in [-0.2, -0.15) is 5.26 Å². The summed E-state index contributed by atoms with van der Waals surface area (Å²) in [6.07, 6.45) is 0.921. The Morgan fingerprint density at radius 2 is 2.00 bits per heavy atom. The summed E-state index contributed by atoms with van der Waals surface area (Å²) in [5, 5.41) is 12.3. The van der Waals surface area contributed by atoms with Gasteiger partial charge in [0.2, 0.25) is 5.91 Å². The molecule has 0 radical (unpaired) electrons. The smallest absolute Gasteiger partial charge is 0.241 e. The topological polar surface area (TPSA) is 62.1 Å². The van der Waals surface area contributed by atoms with Crippen LogP contribution in [0.1, 0.15) is 31.4 Å². The molecule has 20 heavy (non-hydrogen) atoms. The van der Waals surface area contributed by atoms with Gasteiger partial charge in [-0.25, -0.2) is 0 Å². The van der Waals surface area contributed by atoms with Gasteiger partial charge in [0, 0.05) is 17.7 Å². The van der Waals surface area contributed by atoms with E-state index >= 15 is 0 Å². The number of ether oxygens (including phenoxy) is 1. The lowest BCUT2D eigenvalue weighted by molar-refractivity contribution is -0.133. The summed E-state index contributed by atoms with van der Waals surface area (Å²) in [4.78, 5) is 12.4. The summed E-state index contributed by atoms with van der Waals surface area (Å²) in [5.74, 6) is -0.196. The molecule has 1 heterocycles. The molecule has 1 atom stereocenters. The zero-order chi connectivity index (χ0) is 14.6. The van der Waals surface area contributed by atoms with E-state index in [0.29, 0.717) is 26.1 Å². The van der Waals surface area contributed by atoms with Gasteiger partial charge >= 0.3 is 0 Å². The Labute approximate surface area is 127 Å². The van der Waals surface area contributed by atoms with Crippen molar-refractivity contribution in [2.24, 2.45) is 5.41 Å². The van der Waals surface area contributed by atoms with Crippen LogP contribution in [0.5, 0.6) is 0 Å². The van der Waals surface area contributed by atoms with Crippen LogP contribution in [0.25, 0.3) is 0 Å². The van der Waals surface area contributed by atoms with Gasteiger partial charge < -0.3 is 10.1 Å². The molecule has 1 aromatic carbocycles. The highest BCUT2D eigenvalue weighted by Gasteiger charge is 2.40. The lowest BCUT2D eigenvalue weighted by Crippen LogP contribution is -2.44. The third-order valence-corrected chi connectivity index (χ3v) is 4.24. The van der Waals surface area contributed by atoms with E-state index in [0.717, 1.165) is 10.0 Å². The molecule has 0 aromatic heterocycles. The van der Waals surface area contributed by atoms with Gasteiger partial charge in [0.1, 0.15) is 5.41 Å².